The van der Waals surface area contributed by atoms with Gasteiger partial charge in [0.05, 0.1) is 17.6 Å². The summed E-state index contributed by atoms with van der Waals surface area (Å²) in [6, 6.07) is 10.6. The Hall–Kier alpha value is -4.28. The quantitative estimate of drug-likeness (QED) is 0.332. The summed E-state index contributed by atoms with van der Waals surface area (Å²) in [5.41, 5.74) is 3.44. The molecule has 10 nitrogen and oxygen atoms in total. The number of carbonyl (C=O) groups is 6. The molecule has 0 saturated heterocycles. The normalized spacial score (nSPS) is 31.4. The summed E-state index contributed by atoms with van der Waals surface area (Å²) in [5.74, 6) is -13.3. The Balaban J connectivity index is 1.72. The van der Waals surface area contributed by atoms with E-state index in [0.717, 1.165) is 0 Å². The molecule has 0 heterocycles. The van der Waals surface area contributed by atoms with Crippen molar-refractivity contribution in [1.82, 2.24) is 0 Å². The second kappa shape index (κ2) is 8.64. The highest BCUT2D eigenvalue weighted by molar-refractivity contribution is 6.32. The first kappa shape index (κ1) is 25.4. The van der Waals surface area contributed by atoms with Crippen molar-refractivity contribution < 1.29 is 44.1 Å². The second-order valence-corrected chi connectivity index (χ2v) is 9.94. The summed E-state index contributed by atoms with van der Waals surface area (Å²) in [4.78, 5) is 76.7. The lowest BCUT2D eigenvalue weighted by molar-refractivity contribution is -0.185. The van der Waals surface area contributed by atoms with Gasteiger partial charge in [-0.25, -0.2) is 0 Å². The summed E-state index contributed by atoms with van der Waals surface area (Å²) in [6.45, 7) is 1.41. The molecule has 2 aromatic rings. The van der Waals surface area contributed by atoms with E-state index < -0.39 is 76.6 Å². The maximum absolute atomic E-state index is 13.8. The van der Waals surface area contributed by atoms with E-state index in [1.807, 2.05) is 0 Å². The van der Waals surface area contributed by atoms with Crippen molar-refractivity contribution in [3.8, 4) is 5.75 Å². The molecule has 5 rings (SSSR count). The van der Waals surface area contributed by atoms with Crippen LogP contribution in [0, 0.1) is 23.7 Å². The van der Waals surface area contributed by atoms with Crippen LogP contribution in [0.25, 0.3) is 11.6 Å². The number of aromatic hydroxyl groups is 1. The molecule has 5 N–H and O–H groups in total. The van der Waals surface area contributed by atoms with E-state index in [2.05, 4.69) is 0 Å². The molecule has 2 aromatic carbocycles. The number of hydrogen-bond donors (Lipinski definition) is 4. The van der Waals surface area contributed by atoms with E-state index in [1.54, 1.807) is 30.3 Å². The third-order valence-corrected chi connectivity index (χ3v) is 7.88. The number of primary amides is 1. The molecule has 2 unspecified atom stereocenters. The van der Waals surface area contributed by atoms with Gasteiger partial charge in [0.15, 0.2) is 40.4 Å². The third kappa shape index (κ3) is 3.41. The summed E-state index contributed by atoms with van der Waals surface area (Å²) in [6.07, 6.45) is -0.842. The third-order valence-electron chi connectivity index (χ3n) is 7.88. The van der Waals surface area contributed by atoms with Gasteiger partial charge in [-0.3, -0.25) is 28.8 Å². The number of hydrogen-bond acceptors (Lipinski definition) is 9. The van der Waals surface area contributed by atoms with Gasteiger partial charge in [0, 0.05) is 23.8 Å². The van der Waals surface area contributed by atoms with E-state index in [4.69, 9.17) is 5.73 Å². The predicted octanol–water partition coefficient (Wildman–Crippen LogP) is 0.498. The van der Waals surface area contributed by atoms with Crippen molar-refractivity contribution in [2.75, 3.05) is 0 Å². The zero-order valence-electron chi connectivity index (χ0n) is 20.1. The maximum atomic E-state index is 13.8. The number of carbonyl (C=O) groups excluding carboxylic acids is 6. The number of phenolic OH excluding ortho intramolecular Hbond substituents is 1. The van der Waals surface area contributed by atoms with Gasteiger partial charge in [0.1, 0.15) is 5.75 Å². The first-order valence-corrected chi connectivity index (χ1v) is 11.9. The average Bonchev–Trinajstić information content (AvgIpc) is 2.86. The van der Waals surface area contributed by atoms with Gasteiger partial charge in [-0.05, 0) is 29.7 Å². The van der Waals surface area contributed by atoms with Crippen molar-refractivity contribution >= 4 is 46.5 Å². The highest BCUT2D eigenvalue weighted by Gasteiger charge is 2.69. The van der Waals surface area contributed by atoms with Gasteiger partial charge in [-0.15, -0.1) is 0 Å². The molecule has 0 spiro atoms. The van der Waals surface area contributed by atoms with E-state index in [0.29, 0.717) is 11.1 Å². The number of rotatable bonds is 3. The minimum absolute atomic E-state index is 0.156. The molecule has 0 aromatic heterocycles. The second-order valence-electron chi connectivity index (χ2n) is 9.94. The van der Waals surface area contributed by atoms with Gasteiger partial charge in [0.25, 0.3) is 0 Å². The lowest BCUT2D eigenvalue weighted by Crippen LogP contribution is -2.72. The van der Waals surface area contributed by atoms with Gasteiger partial charge in [-0.1, -0.05) is 42.5 Å². The molecular weight excluding hydrogens is 494 g/mol. The average molecular weight is 517 g/mol. The molecule has 2 saturated carbocycles. The fourth-order valence-corrected chi connectivity index (χ4v) is 6.03. The Morgan fingerprint density at radius 3 is 2.29 bits per heavy atom. The Kier molecular flexibility index (Phi) is 5.77. The molecule has 0 radical (unpaired) electrons. The SMILES string of the molecule is CC(=O)c1ccc(C=C2c3cccc(O)c3C(=O)C3C(=O)[C@]4(O)C(=O)C(C(N)=O)C(=O)C[C@@H]4[C@@H](O)[C@H]23)cc1. The van der Waals surface area contributed by atoms with Crippen LogP contribution in [0.1, 0.15) is 45.2 Å². The van der Waals surface area contributed by atoms with E-state index >= 15 is 0 Å². The Morgan fingerprint density at radius 1 is 1.03 bits per heavy atom. The number of aliphatic hydroxyl groups is 2. The van der Waals surface area contributed by atoms with Crippen LogP contribution < -0.4 is 5.73 Å². The monoisotopic (exact) mass is 517 g/mol. The molecule has 1 amide bonds. The smallest absolute Gasteiger partial charge is 0.235 e. The zero-order chi connectivity index (χ0) is 27.7. The van der Waals surface area contributed by atoms with Gasteiger partial charge < -0.3 is 21.1 Å². The fourth-order valence-electron chi connectivity index (χ4n) is 6.03. The molecule has 0 bridgehead atoms. The number of phenols is 1. The molecule has 0 aliphatic heterocycles. The van der Waals surface area contributed by atoms with Crippen molar-refractivity contribution in [3.63, 3.8) is 0 Å². The van der Waals surface area contributed by atoms with Crippen LogP contribution in [0.2, 0.25) is 0 Å². The molecule has 38 heavy (non-hydrogen) atoms. The first-order valence-electron chi connectivity index (χ1n) is 11.9. The molecule has 10 heteroatoms. The van der Waals surface area contributed by atoms with Crippen LogP contribution in [0.3, 0.4) is 0 Å². The Morgan fingerprint density at radius 2 is 1.68 bits per heavy atom. The molecule has 6 atom stereocenters. The lowest BCUT2D eigenvalue weighted by Gasteiger charge is -2.51. The topological polar surface area (TPSA) is 189 Å². The Bertz CT molecular complexity index is 1490. The summed E-state index contributed by atoms with van der Waals surface area (Å²) < 4.78 is 0. The highest BCUT2D eigenvalue weighted by atomic mass is 16.3. The van der Waals surface area contributed by atoms with Gasteiger partial charge in [0.2, 0.25) is 5.91 Å². The van der Waals surface area contributed by atoms with Crippen LogP contribution >= 0.6 is 0 Å². The minimum atomic E-state index is -3.00. The van der Waals surface area contributed by atoms with E-state index in [-0.39, 0.29) is 22.5 Å². The first-order chi connectivity index (χ1) is 17.9. The highest BCUT2D eigenvalue weighted by Crippen LogP contribution is 2.54. The molecular formula is C28H23NO9. The number of Topliss-reactive ketones (excluding diaryl/α,β-unsaturated/α-hetero) is 5. The fraction of sp³-hybridized carbons (Fsp3) is 0.286. The summed E-state index contributed by atoms with van der Waals surface area (Å²) >= 11 is 0. The largest absolute Gasteiger partial charge is 0.507 e. The molecule has 2 fully saturated rings. The lowest BCUT2D eigenvalue weighted by atomic mass is 9.51. The number of aliphatic hydroxyl groups excluding tert-OH is 1. The van der Waals surface area contributed by atoms with Crippen LogP contribution in [-0.4, -0.2) is 61.8 Å². The van der Waals surface area contributed by atoms with Crippen molar-refractivity contribution in [3.05, 3.63) is 64.7 Å². The summed E-state index contributed by atoms with van der Waals surface area (Å²) in [5, 5.41) is 33.4. The van der Waals surface area contributed by atoms with Crippen molar-refractivity contribution in [2.45, 2.75) is 25.0 Å². The van der Waals surface area contributed by atoms with Crippen LogP contribution in [0.5, 0.6) is 5.75 Å². The predicted molar refractivity (Wildman–Crippen MR) is 131 cm³/mol. The summed E-state index contributed by atoms with van der Waals surface area (Å²) in [7, 11) is 0. The molecule has 3 aliphatic carbocycles. The number of ketones is 5. The maximum Gasteiger partial charge on any atom is 0.235 e. The van der Waals surface area contributed by atoms with E-state index in [9.17, 15) is 44.1 Å². The molecule has 3 aliphatic rings. The van der Waals surface area contributed by atoms with Gasteiger partial charge >= 0.3 is 0 Å². The van der Waals surface area contributed by atoms with Crippen LogP contribution in [-0.2, 0) is 19.2 Å². The number of fused-ring (bicyclic) bond motifs is 3. The van der Waals surface area contributed by atoms with Crippen molar-refractivity contribution in [1.29, 1.82) is 0 Å². The number of nitrogens with two attached hydrogens (primary N) is 1. The van der Waals surface area contributed by atoms with Crippen LogP contribution in [0.4, 0.5) is 0 Å². The van der Waals surface area contributed by atoms with Crippen LogP contribution in [0.15, 0.2) is 42.5 Å². The number of amides is 1. The standard InChI is InChI=1S/C28H23NO9/c1-11(30)13-7-5-12(6-8-13)9-15-14-3-2-4-17(31)19(14)24(34)22-20(15)23(33)16-10-18(32)21(27(29)37)25(35)28(16,38)26(22)36/h2-9,16,20-23,31,33,38H,10H2,1H3,(H2,29,37)/t16-,20-,21?,22?,23-,28-/m1/s1. The minimum Gasteiger partial charge on any atom is -0.507 e. The number of benzene rings is 2. The zero-order valence-corrected chi connectivity index (χ0v) is 20.1. The Labute approximate surface area is 215 Å². The molecule has 194 valence electrons. The van der Waals surface area contributed by atoms with Gasteiger partial charge in [-0.2, -0.15) is 0 Å². The van der Waals surface area contributed by atoms with E-state index in [1.165, 1.54) is 25.1 Å². The van der Waals surface area contributed by atoms with Crippen molar-refractivity contribution in [2.24, 2.45) is 29.4 Å².